The van der Waals surface area contributed by atoms with Crippen LogP contribution in [-0.2, 0) is 26.2 Å². The molecule has 1 aliphatic carbocycles. The fraction of sp³-hybridized carbons (Fsp3) is 0.429. The molecular weight excluding hydrogens is 282 g/mol. The van der Waals surface area contributed by atoms with E-state index in [9.17, 15) is 0 Å². The van der Waals surface area contributed by atoms with Crippen LogP contribution in [0, 0.1) is 6.08 Å². The fourth-order valence-electron chi connectivity index (χ4n) is 0.693. The minimum Gasteiger partial charge on any atom is -0.270 e. The second kappa shape index (κ2) is 13.8. The second-order valence-corrected chi connectivity index (χ2v) is 1.66. The van der Waals surface area contributed by atoms with E-state index in [1.165, 1.54) is 5.57 Å². The molecule has 0 bridgehead atoms. The van der Waals surface area contributed by atoms with Gasteiger partial charge in [-0.3, -0.25) is 6.08 Å². The van der Waals surface area contributed by atoms with Crippen molar-refractivity contribution < 1.29 is 26.2 Å². The molecule has 0 amide bonds. The predicted molar refractivity (Wildman–Crippen MR) is 52.5 cm³/mol. The van der Waals surface area contributed by atoms with Crippen molar-refractivity contribution in [1.82, 2.24) is 0 Å². The monoisotopic (exact) mass is 291 g/mol. The van der Waals surface area contributed by atoms with Crippen molar-refractivity contribution in [3.05, 3.63) is 23.8 Å². The molecule has 0 atom stereocenters. The molecule has 66 valence electrons. The Morgan fingerprint density at radius 1 is 1.36 bits per heavy atom. The van der Waals surface area contributed by atoms with Gasteiger partial charge in [0.05, 0.1) is 0 Å². The van der Waals surface area contributed by atoms with E-state index >= 15 is 0 Å². The first kappa shape index (κ1) is 22.8. The zero-order valence-electron chi connectivity index (χ0n) is 6.29. The molecule has 1 aliphatic rings. The molecule has 0 spiro atoms. The molecule has 0 aromatic heterocycles. The summed E-state index contributed by atoms with van der Waals surface area (Å²) >= 11 is 0. The molecule has 0 unspecified atom stereocenters. The average molecular weight is 294 g/mol. The summed E-state index contributed by atoms with van der Waals surface area (Å²) in [6.07, 6.45) is 9.65. The fourth-order valence-corrected chi connectivity index (χ4v) is 0.693. The van der Waals surface area contributed by atoms with Crippen molar-refractivity contribution in [3.8, 4) is 0 Å². The quantitative estimate of drug-likeness (QED) is 0.651. The van der Waals surface area contributed by atoms with Gasteiger partial charge in [-0.15, -0.1) is 43.6 Å². The Bertz CT molecular complexity index is 121. The maximum Gasteiger partial charge on any atom is 0 e. The van der Waals surface area contributed by atoms with Crippen LogP contribution >= 0.6 is 37.2 Å². The smallest absolute Gasteiger partial charge is 0 e. The van der Waals surface area contributed by atoms with E-state index in [1.807, 2.05) is 0 Å². The Labute approximate surface area is 106 Å². The third-order valence-electron chi connectivity index (χ3n) is 1.15. The summed E-state index contributed by atoms with van der Waals surface area (Å²) in [4.78, 5) is 0. The maximum absolute atomic E-state index is 3.21. The van der Waals surface area contributed by atoms with Gasteiger partial charge in [0.2, 0.25) is 0 Å². The Morgan fingerprint density at radius 2 is 1.91 bits per heavy atom. The van der Waals surface area contributed by atoms with Crippen LogP contribution in [0.2, 0.25) is 0 Å². The Kier molecular flexibility index (Phi) is 28.6. The molecule has 0 nitrogen and oxygen atoms in total. The van der Waals surface area contributed by atoms with Gasteiger partial charge in [0.15, 0.2) is 0 Å². The molecule has 0 aliphatic heterocycles. The first-order chi connectivity index (χ1) is 3.43. The largest absolute Gasteiger partial charge is 0.270 e. The van der Waals surface area contributed by atoms with Gasteiger partial charge < -0.3 is 0 Å². The Morgan fingerprint density at radius 3 is 2.09 bits per heavy atom. The molecule has 0 aromatic carbocycles. The molecule has 0 saturated carbocycles. The van der Waals surface area contributed by atoms with Gasteiger partial charge in [-0.05, 0) is 0 Å². The molecule has 11 heavy (non-hydrogen) atoms. The van der Waals surface area contributed by atoms with Crippen LogP contribution in [0.15, 0.2) is 17.7 Å². The van der Waals surface area contributed by atoms with Gasteiger partial charge >= 0.3 is 0 Å². The second-order valence-electron chi connectivity index (χ2n) is 1.66. The van der Waals surface area contributed by atoms with E-state index in [1.54, 1.807) is 0 Å². The van der Waals surface area contributed by atoms with E-state index in [0.717, 1.165) is 12.8 Å². The van der Waals surface area contributed by atoms with E-state index in [-0.39, 0.29) is 63.4 Å². The molecule has 0 N–H and O–H groups in total. The van der Waals surface area contributed by atoms with Gasteiger partial charge in [-0.1, -0.05) is 13.3 Å². The zero-order valence-corrected chi connectivity index (χ0v) is 11.2. The van der Waals surface area contributed by atoms with Crippen LogP contribution in [0.4, 0.5) is 0 Å². The molecule has 0 radical (unpaired) electrons. The average Bonchev–Trinajstić information content (AvgIpc) is 2.14. The van der Waals surface area contributed by atoms with E-state index in [2.05, 4.69) is 25.2 Å². The summed E-state index contributed by atoms with van der Waals surface area (Å²) in [5, 5.41) is 0. The molecular formula is C7H12Cl3Zr-. The van der Waals surface area contributed by atoms with Crippen molar-refractivity contribution in [2.45, 2.75) is 19.8 Å². The van der Waals surface area contributed by atoms with Crippen LogP contribution in [0.3, 0.4) is 0 Å². The van der Waals surface area contributed by atoms with Gasteiger partial charge in [0, 0.05) is 26.2 Å². The third-order valence-corrected chi connectivity index (χ3v) is 1.15. The predicted octanol–water partition coefficient (Wildman–Crippen LogP) is 3.35. The van der Waals surface area contributed by atoms with Crippen molar-refractivity contribution in [1.29, 1.82) is 0 Å². The molecule has 0 fully saturated rings. The summed E-state index contributed by atoms with van der Waals surface area (Å²) in [6, 6.07) is 0. The summed E-state index contributed by atoms with van der Waals surface area (Å²) in [7, 11) is 0. The summed E-state index contributed by atoms with van der Waals surface area (Å²) in [5.74, 6) is 0. The van der Waals surface area contributed by atoms with Crippen LogP contribution < -0.4 is 0 Å². The van der Waals surface area contributed by atoms with Gasteiger partial charge in [0.1, 0.15) is 0 Å². The molecule has 1 rings (SSSR count). The van der Waals surface area contributed by atoms with Crippen molar-refractivity contribution in [2.24, 2.45) is 0 Å². The molecule has 0 saturated heterocycles. The van der Waals surface area contributed by atoms with E-state index in [4.69, 9.17) is 0 Å². The molecule has 0 heterocycles. The van der Waals surface area contributed by atoms with Gasteiger partial charge in [-0.25, -0.2) is 11.6 Å². The van der Waals surface area contributed by atoms with Crippen LogP contribution in [0.25, 0.3) is 0 Å². The van der Waals surface area contributed by atoms with E-state index in [0.29, 0.717) is 0 Å². The van der Waals surface area contributed by atoms with Crippen LogP contribution in [0.5, 0.6) is 0 Å². The number of halogens is 3. The first-order valence-corrected chi connectivity index (χ1v) is 2.69. The Hall–Kier alpha value is 1.23. The third kappa shape index (κ3) is 9.14. The minimum absolute atomic E-state index is 0. The normalized spacial score (nSPS) is 11.2. The maximum atomic E-state index is 3.21. The van der Waals surface area contributed by atoms with Crippen LogP contribution in [0.1, 0.15) is 19.8 Å². The molecule has 0 aromatic rings. The summed E-state index contributed by atoms with van der Waals surface area (Å²) in [6.45, 7) is 2.15. The van der Waals surface area contributed by atoms with Gasteiger partial charge in [-0.2, -0.15) is 6.08 Å². The first-order valence-electron chi connectivity index (χ1n) is 2.69. The summed E-state index contributed by atoms with van der Waals surface area (Å²) < 4.78 is 0. The summed E-state index contributed by atoms with van der Waals surface area (Å²) in [5.41, 5.74) is 1.36. The van der Waals surface area contributed by atoms with E-state index < -0.39 is 0 Å². The van der Waals surface area contributed by atoms with Gasteiger partial charge in [0.25, 0.3) is 0 Å². The van der Waals surface area contributed by atoms with Crippen molar-refractivity contribution in [2.75, 3.05) is 0 Å². The van der Waals surface area contributed by atoms with Crippen molar-refractivity contribution in [3.63, 3.8) is 0 Å². The Balaban J connectivity index is -0.0000000612. The SMILES string of the molecule is CCC1=[C-]CC=C1.Cl.Cl.Cl.[Zr]. The topological polar surface area (TPSA) is 0 Å². The number of hydrogen-bond donors (Lipinski definition) is 0. The number of rotatable bonds is 1. The zero-order chi connectivity index (χ0) is 5.11. The number of allylic oxidation sites excluding steroid dienone is 4. The molecule has 4 heteroatoms. The standard InChI is InChI=1S/C7H9.3ClH.Zr/c1-2-7-5-3-4-6-7;;;;/h3,5H,2,4H2,1H3;3*1H;/q-1;;;;. The van der Waals surface area contributed by atoms with Crippen LogP contribution in [-0.4, -0.2) is 0 Å². The minimum atomic E-state index is 0. The number of hydrogen-bond acceptors (Lipinski definition) is 0. The van der Waals surface area contributed by atoms with Crippen molar-refractivity contribution >= 4 is 37.2 Å².